The van der Waals surface area contributed by atoms with Gasteiger partial charge >= 0.3 is 0 Å². The van der Waals surface area contributed by atoms with Gasteiger partial charge in [0.2, 0.25) is 0 Å². The molecule has 0 aliphatic carbocycles. The van der Waals surface area contributed by atoms with Gasteiger partial charge in [0, 0.05) is 17.7 Å². The molecule has 2 aromatic carbocycles. The van der Waals surface area contributed by atoms with Gasteiger partial charge in [-0.3, -0.25) is 0 Å². The van der Waals surface area contributed by atoms with E-state index in [1.54, 1.807) is 0 Å². The van der Waals surface area contributed by atoms with E-state index in [-0.39, 0.29) is 0 Å². The molecule has 0 saturated carbocycles. The summed E-state index contributed by atoms with van der Waals surface area (Å²) in [7, 11) is 0. The maximum Gasteiger partial charge on any atom is 0.108 e. The Morgan fingerprint density at radius 1 is 0.900 bits per heavy atom. The molecular formula is C19H16O. The van der Waals surface area contributed by atoms with Crippen LogP contribution in [0, 0.1) is 24.2 Å². The third kappa shape index (κ3) is 3.75. The van der Waals surface area contributed by atoms with Gasteiger partial charge < -0.3 is 4.74 Å². The van der Waals surface area contributed by atoms with Crippen LogP contribution in [0.4, 0.5) is 0 Å². The Hall–Kier alpha value is -2.48. The third-order valence-corrected chi connectivity index (χ3v) is 2.88. The Kier molecular flexibility index (Phi) is 5.01. The fourth-order valence-electron chi connectivity index (χ4n) is 1.80. The smallest absolute Gasteiger partial charge is 0.108 e. The molecule has 20 heavy (non-hydrogen) atoms. The highest BCUT2D eigenvalue weighted by Gasteiger charge is 1.97. The van der Waals surface area contributed by atoms with Gasteiger partial charge in [0.05, 0.1) is 0 Å². The highest BCUT2D eigenvalue weighted by molar-refractivity contribution is 5.65. The van der Waals surface area contributed by atoms with Crippen molar-refractivity contribution in [1.82, 2.24) is 0 Å². The predicted octanol–water partition coefficient (Wildman–Crippen LogP) is 3.72. The molecule has 0 saturated heterocycles. The third-order valence-electron chi connectivity index (χ3n) is 2.88. The maximum atomic E-state index is 5.35. The molecule has 1 heteroatoms. The fourth-order valence-corrected chi connectivity index (χ4v) is 1.80. The first-order valence-electron chi connectivity index (χ1n) is 6.57. The Labute approximate surface area is 120 Å². The number of ether oxygens (including phenoxy) is 1. The molecular weight excluding hydrogens is 244 g/mol. The molecule has 0 N–H and O–H groups in total. The summed E-state index contributed by atoms with van der Waals surface area (Å²) in [6, 6.07) is 16.1. The van der Waals surface area contributed by atoms with Crippen LogP contribution in [0.3, 0.4) is 0 Å². The van der Waals surface area contributed by atoms with E-state index in [0.29, 0.717) is 13.2 Å². The molecule has 1 nitrogen and oxygen atoms in total. The molecule has 0 spiro atoms. The van der Waals surface area contributed by atoms with Crippen molar-refractivity contribution in [3.05, 3.63) is 59.7 Å². The van der Waals surface area contributed by atoms with Gasteiger partial charge in [0.1, 0.15) is 6.61 Å². The van der Waals surface area contributed by atoms with Crippen LogP contribution in [0.1, 0.15) is 18.1 Å². The molecule has 0 aliphatic rings. The van der Waals surface area contributed by atoms with E-state index in [0.717, 1.165) is 22.3 Å². The first-order chi connectivity index (χ1) is 9.83. The van der Waals surface area contributed by atoms with Crippen molar-refractivity contribution in [3.8, 4) is 35.3 Å². The van der Waals surface area contributed by atoms with Crippen LogP contribution in [0.2, 0.25) is 0 Å². The molecule has 2 aromatic rings. The van der Waals surface area contributed by atoms with E-state index in [2.05, 4.69) is 29.9 Å². The van der Waals surface area contributed by atoms with E-state index in [9.17, 15) is 0 Å². The lowest BCUT2D eigenvalue weighted by Gasteiger charge is -2.02. The monoisotopic (exact) mass is 260 g/mol. The highest BCUT2D eigenvalue weighted by atomic mass is 16.5. The fraction of sp³-hybridized carbons (Fsp3) is 0.158. The first-order valence-corrected chi connectivity index (χ1v) is 6.57. The van der Waals surface area contributed by atoms with Gasteiger partial charge in [0.25, 0.3) is 0 Å². The molecule has 2 rings (SSSR count). The molecule has 0 unspecified atom stereocenters. The minimum atomic E-state index is 0.478. The summed E-state index contributed by atoms with van der Waals surface area (Å²) in [6.45, 7) is 3.13. The summed E-state index contributed by atoms with van der Waals surface area (Å²) in [4.78, 5) is 0. The molecule has 0 atom stereocenters. The standard InChI is InChI=1S/C19H16O/c1-3-16-7-11-18(12-8-16)19-13-9-17(10-14-19)6-5-15-20-4-2/h1,7-14H,4,15H2,2H3. The molecule has 0 radical (unpaired) electrons. The minimum absolute atomic E-state index is 0.478. The van der Waals surface area contributed by atoms with Crippen LogP contribution in [0.25, 0.3) is 11.1 Å². The molecule has 0 aliphatic heterocycles. The van der Waals surface area contributed by atoms with Gasteiger partial charge in [0.15, 0.2) is 0 Å². The summed E-state index contributed by atoms with van der Waals surface area (Å²) in [5.74, 6) is 8.68. The van der Waals surface area contributed by atoms with Crippen molar-refractivity contribution < 1.29 is 4.74 Å². The summed E-state index contributed by atoms with van der Waals surface area (Å²) in [5, 5.41) is 0. The second-order valence-electron chi connectivity index (χ2n) is 4.24. The molecule has 0 amide bonds. The first kappa shape index (κ1) is 13.9. The zero-order valence-corrected chi connectivity index (χ0v) is 11.5. The van der Waals surface area contributed by atoms with Crippen molar-refractivity contribution in [2.75, 3.05) is 13.2 Å². The van der Waals surface area contributed by atoms with Gasteiger partial charge in [-0.15, -0.1) is 6.42 Å². The second-order valence-corrected chi connectivity index (χ2v) is 4.24. The van der Waals surface area contributed by atoms with Crippen LogP contribution >= 0.6 is 0 Å². The SMILES string of the molecule is C#Cc1ccc(-c2ccc(C#CCOCC)cc2)cc1. The number of terminal acetylenes is 1. The molecule has 0 aromatic heterocycles. The van der Waals surface area contributed by atoms with Crippen LogP contribution in [-0.4, -0.2) is 13.2 Å². The van der Waals surface area contributed by atoms with Crippen LogP contribution in [0.5, 0.6) is 0 Å². The van der Waals surface area contributed by atoms with Crippen molar-refractivity contribution >= 4 is 0 Å². The van der Waals surface area contributed by atoms with E-state index in [4.69, 9.17) is 11.2 Å². The Morgan fingerprint density at radius 3 is 1.95 bits per heavy atom. The molecule has 0 bridgehead atoms. The van der Waals surface area contributed by atoms with Gasteiger partial charge in [-0.2, -0.15) is 0 Å². The number of hydrogen-bond acceptors (Lipinski definition) is 1. The number of benzene rings is 2. The van der Waals surface area contributed by atoms with E-state index in [1.807, 2.05) is 43.3 Å². The molecule has 0 heterocycles. The van der Waals surface area contributed by atoms with Gasteiger partial charge in [-0.05, 0) is 42.3 Å². The van der Waals surface area contributed by atoms with Gasteiger partial charge in [-0.1, -0.05) is 42.0 Å². The Bertz CT molecular complexity index is 646. The van der Waals surface area contributed by atoms with Crippen LogP contribution in [0.15, 0.2) is 48.5 Å². The second kappa shape index (κ2) is 7.19. The van der Waals surface area contributed by atoms with E-state index in [1.165, 1.54) is 0 Å². The Balaban J connectivity index is 2.10. The van der Waals surface area contributed by atoms with Gasteiger partial charge in [-0.25, -0.2) is 0 Å². The zero-order chi connectivity index (χ0) is 14.2. The predicted molar refractivity (Wildman–Crippen MR) is 83.2 cm³/mol. The van der Waals surface area contributed by atoms with Crippen LogP contribution in [-0.2, 0) is 4.74 Å². The Morgan fingerprint density at radius 2 is 1.45 bits per heavy atom. The average molecular weight is 260 g/mol. The molecule has 0 fully saturated rings. The number of hydrogen-bond donors (Lipinski definition) is 0. The normalized spacial score (nSPS) is 9.40. The summed E-state index contributed by atoms with van der Waals surface area (Å²) < 4.78 is 5.18. The lowest BCUT2D eigenvalue weighted by molar-refractivity contribution is 0.182. The summed E-state index contributed by atoms with van der Waals surface area (Å²) in [6.07, 6.45) is 5.35. The number of rotatable bonds is 3. The quantitative estimate of drug-likeness (QED) is 0.603. The van der Waals surface area contributed by atoms with Crippen molar-refractivity contribution in [2.24, 2.45) is 0 Å². The largest absolute Gasteiger partial charge is 0.369 e. The average Bonchev–Trinajstić information content (AvgIpc) is 2.52. The lowest BCUT2D eigenvalue weighted by Crippen LogP contribution is -1.88. The van der Waals surface area contributed by atoms with Crippen molar-refractivity contribution in [2.45, 2.75) is 6.92 Å². The van der Waals surface area contributed by atoms with Crippen LogP contribution < -0.4 is 0 Å². The highest BCUT2D eigenvalue weighted by Crippen LogP contribution is 2.20. The van der Waals surface area contributed by atoms with E-state index >= 15 is 0 Å². The minimum Gasteiger partial charge on any atom is -0.369 e. The summed E-state index contributed by atoms with van der Waals surface area (Å²) in [5.41, 5.74) is 4.20. The maximum absolute atomic E-state index is 5.35. The molecule has 98 valence electrons. The van der Waals surface area contributed by atoms with E-state index < -0.39 is 0 Å². The topological polar surface area (TPSA) is 9.23 Å². The van der Waals surface area contributed by atoms with Crippen molar-refractivity contribution in [3.63, 3.8) is 0 Å². The zero-order valence-electron chi connectivity index (χ0n) is 11.5. The lowest BCUT2D eigenvalue weighted by atomic mass is 10.0. The van der Waals surface area contributed by atoms with Crippen molar-refractivity contribution in [1.29, 1.82) is 0 Å². The summed E-state index contributed by atoms with van der Waals surface area (Å²) >= 11 is 0.